The van der Waals surface area contributed by atoms with Gasteiger partial charge in [0, 0.05) is 17.7 Å². The van der Waals surface area contributed by atoms with Crippen LogP contribution in [0, 0.1) is 39.7 Å². The molecule has 2 aromatic rings. The van der Waals surface area contributed by atoms with Gasteiger partial charge in [-0.15, -0.1) is 0 Å². The van der Waals surface area contributed by atoms with Crippen molar-refractivity contribution < 1.29 is 19.2 Å². The molecule has 0 N–H and O–H groups in total. The normalized spacial score (nSPS) is 30.2. The van der Waals surface area contributed by atoms with Crippen molar-refractivity contribution in [1.82, 2.24) is 0 Å². The second-order valence-corrected chi connectivity index (χ2v) is 8.85. The minimum Gasteiger partial charge on any atom is -0.444 e. The molecule has 4 atom stereocenters. The quantitative estimate of drug-likeness (QED) is 0.297. The van der Waals surface area contributed by atoms with Gasteiger partial charge < -0.3 is 9.47 Å². The van der Waals surface area contributed by atoms with Crippen LogP contribution in [0.25, 0.3) is 0 Å². The van der Waals surface area contributed by atoms with Gasteiger partial charge in [0.15, 0.2) is 0 Å². The molecule has 2 heterocycles. The molecule has 0 radical (unpaired) electrons. The number of para-hydroxylation sites is 1. The highest BCUT2D eigenvalue weighted by Gasteiger charge is 2.81. The first-order valence-electron chi connectivity index (χ1n) is 11.2. The molecule has 4 bridgehead atoms. The summed E-state index contributed by atoms with van der Waals surface area (Å²) in [6.07, 6.45) is 5.58. The Balaban J connectivity index is 1.38. The third-order valence-electron chi connectivity index (χ3n) is 7.16. The molecular weight excluding hydrogens is 432 g/mol. The summed E-state index contributed by atoms with van der Waals surface area (Å²) in [5.41, 5.74) is 1.12. The first-order valence-corrected chi connectivity index (χ1v) is 11.2. The van der Waals surface area contributed by atoms with Gasteiger partial charge in [-0.1, -0.05) is 41.9 Å². The highest BCUT2D eigenvalue weighted by molar-refractivity contribution is 5.93. The van der Waals surface area contributed by atoms with Gasteiger partial charge in [0.1, 0.15) is 23.9 Å². The standard InChI is InChI=1S/C27H20N2O5/c30-25(33-18-19-13-15-21(16-14-19)29(31)32)28-23-11-6-5-10-22(23)27-20-8-3-1-2-4-12-24(28)26(27,34-27)17-7-9-20/h1-2,5-6,10-11,13-16,20,24H,7,9,17-18H2/b2-1-/t20-,24+,26+,27-/m1/s1. The van der Waals surface area contributed by atoms with Crippen LogP contribution in [-0.2, 0) is 21.7 Å². The lowest BCUT2D eigenvalue weighted by Gasteiger charge is -2.43. The Labute approximate surface area is 196 Å². The fraction of sp³-hybridized carbons (Fsp3) is 0.296. The van der Waals surface area contributed by atoms with Crippen molar-refractivity contribution in [3.8, 4) is 23.7 Å². The van der Waals surface area contributed by atoms with Gasteiger partial charge in [0.25, 0.3) is 5.69 Å². The molecule has 6 rings (SSSR count). The average molecular weight is 452 g/mol. The molecule has 2 fully saturated rings. The van der Waals surface area contributed by atoms with E-state index in [-0.39, 0.29) is 18.2 Å². The highest BCUT2D eigenvalue weighted by atomic mass is 16.6. The van der Waals surface area contributed by atoms with Crippen LogP contribution in [0.1, 0.15) is 30.4 Å². The number of epoxide rings is 1. The minimum atomic E-state index is -0.622. The number of fused-ring (bicyclic) bond motifs is 1. The number of amides is 1. The van der Waals surface area contributed by atoms with Crippen LogP contribution in [0.3, 0.4) is 0 Å². The molecule has 1 saturated carbocycles. The highest BCUT2D eigenvalue weighted by Crippen LogP contribution is 2.72. The fourth-order valence-electron chi connectivity index (χ4n) is 5.69. The van der Waals surface area contributed by atoms with Gasteiger partial charge in [-0.3, -0.25) is 15.0 Å². The van der Waals surface area contributed by atoms with E-state index < -0.39 is 28.3 Å². The molecule has 4 aliphatic rings. The van der Waals surface area contributed by atoms with Crippen molar-refractivity contribution in [2.45, 2.75) is 43.1 Å². The van der Waals surface area contributed by atoms with Gasteiger partial charge in [0.05, 0.1) is 16.5 Å². The fourth-order valence-corrected chi connectivity index (χ4v) is 5.69. The average Bonchev–Trinajstić information content (AvgIpc) is 3.57. The van der Waals surface area contributed by atoms with Crippen LogP contribution < -0.4 is 4.90 Å². The summed E-state index contributed by atoms with van der Waals surface area (Å²) in [7, 11) is 0. The molecule has 2 aliphatic heterocycles. The molecule has 1 amide bonds. The molecule has 34 heavy (non-hydrogen) atoms. The van der Waals surface area contributed by atoms with Gasteiger partial charge in [-0.05, 0) is 55.2 Å². The summed E-state index contributed by atoms with van der Waals surface area (Å²) >= 11 is 0. The van der Waals surface area contributed by atoms with Crippen molar-refractivity contribution in [3.05, 3.63) is 81.9 Å². The van der Waals surface area contributed by atoms with Gasteiger partial charge >= 0.3 is 6.09 Å². The van der Waals surface area contributed by atoms with Crippen molar-refractivity contribution >= 4 is 17.5 Å². The molecule has 168 valence electrons. The molecule has 1 saturated heterocycles. The van der Waals surface area contributed by atoms with Crippen LogP contribution in [0.4, 0.5) is 16.2 Å². The number of hydrogen-bond donors (Lipinski definition) is 0. The van der Waals surface area contributed by atoms with E-state index in [2.05, 4.69) is 23.7 Å². The maximum Gasteiger partial charge on any atom is 0.415 e. The summed E-state index contributed by atoms with van der Waals surface area (Å²) in [4.78, 5) is 25.6. The van der Waals surface area contributed by atoms with E-state index in [4.69, 9.17) is 9.47 Å². The first kappa shape index (κ1) is 20.5. The molecule has 2 aromatic carbocycles. The number of benzene rings is 2. The first-order chi connectivity index (χ1) is 16.6. The van der Waals surface area contributed by atoms with E-state index in [9.17, 15) is 14.9 Å². The largest absolute Gasteiger partial charge is 0.444 e. The second kappa shape index (κ2) is 7.48. The lowest BCUT2D eigenvalue weighted by molar-refractivity contribution is -0.384. The number of nitro benzene ring substituents is 1. The molecular formula is C27H20N2O5. The molecule has 2 aliphatic carbocycles. The molecule has 0 aromatic heterocycles. The van der Waals surface area contributed by atoms with Gasteiger partial charge in [-0.2, -0.15) is 0 Å². The maximum atomic E-state index is 13.5. The number of rotatable bonds is 3. The van der Waals surface area contributed by atoms with Crippen LogP contribution in [0.5, 0.6) is 0 Å². The van der Waals surface area contributed by atoms with Crippen LogP contribution in [0.15, 0.2) is 60.7 Å². The smallest absolute Gasteiger partial charge is 0.415 e. The van der Waals surface area contributed by atoms with E-state index in [0.717, 1.165) is 30.5 Å². The zero-order valence-corrected chi connectivity index (χ0v) is 18.2. The predicted octanol–water partition coefficient (Wildman–Crippen LogP) is 4.46. The maximum absolute atomic E-state index is 13.5. The zero-order valence-electron chi connectivity index (χ0n) is 18.2. The Morgan fingerprint density at radius 1 is 1.15 bits per heavy atom. The summed E-state index contributed by atoms with van der Waals surface area (Å²) in [6, 6.07) is 13.2. The Hall–Kier alpha value is -4.07. The Morgan fingerprint density at radius 3 is 2.71 bits per heavy atom. The number of nitrogens with zero attached hydrogens (tertiary/aromatic N) is 2. The van der Waals surface area contributed by atoms with Crippen LogP contribution in [-0.4, -0.2) is 22.7 Å². The van der Waals surface area contributed by atoms with Crippen molar-refractivity contribution in [2.24, 2.45) is 5.92 Å². The number of non-ortho nitro benzene ring substituents is 1. The summed E-state index contributed by atoms with van der Waals surface area (Å²) in [5.74, 6) is 12.8. The molecule has 0 unspecified atom stereocenters. The van der Waals surface area contributed by atoms with E-state index in [0.29, 0.717) is 5.56 Å². The topological polar surface area (TPSA) is 85.2 Å². The number of hydrogen-bond acceptors (Lipinski definition) is 5. The van der Waals surface area contributed by atoms with Crippen molar-refractivity contribution in [2.75, 3.05) is 4.90 Å². The minimum absolute atomic E-state index is 0.0113. The van der Waals surface area contributed by atoms with Crippen molar-refractivity contribution in [1.29, 1.82) is 0 Å². The van der Waals surface area contributed by atoms with E-state index >= 15 is 0 Å². The molecule has 7 heteroatoms. The van der Waals surface area contributed by atoms with E-state index in [1.165, 1.54) is 12.1 Å². The third-order valence-corrected chi connectivity index (χ3v) is 7.16. The zero-order chi connectivity index (χ0) is 23.3. The van der Waals surface area contributed by atoms with Crippen LogP contribution in [0.2, 0.25) is 0 Å². The summed E-state index contributed by atoms with van der Waals surface area (Å²) < 4.78 is 12.3. The molecule has 0 spiro atoms. The van der Waals surface area contributed by atoms with Gasteiger partial charge in [-0.25, -0.2) is 4.79 Å². The number of allylic oxidation sites excluding steroid dienone is 2. The monoisotopic (exact) mass is 452 g/mol. The lowest BCUT2D eigenvalue weighted by Crippen LogP contribution is -2.57. The summed E-state index contributed by atoms with van der Waals surface area (Å²) in [6.45, 7) is -0.0113. The number of carbonyl (C=O) groups excluding carboxylic acids is 1. The lowest BCUT2D eigenvalue weighted by atomic mass is 9.64. The van der Waals surface area contributed by atoms with E-state index in [1.54, 1.807) is 29.2 Å². The Bertz CT molecular complexity index is 1360. The van der Waals surface area contributed by atoms with Gasteiger partial charge in [0.2, 0.25) is 0 Å². The third kappa shape index (κ3) is 2.81. The van der Waals surface area contributed by atoms with E-state index in [1.807, 2.05) is 24.3 Å². The Morgan fingerprint density at radius 2 is 1.91 bits per heavy atom. The number of carbonyl (C=O) groups is 1. The number of ether oxygens (including phenoxy) is 2. The SMILES string of the molecule is O=C(OCc1ccc([N+](=O)[O-])cc1)N1c2ccccc2[C@@]23O[C@]24CCC[C@H]3C#C/C=C\C#C[C@H]14. The number of anilines is 1. The second-order valence-electron chi connectivity index (χ2n) is 8.85. The summed E-state index contributed by atoms with van der Waals surface area (Å²) in [5, 5.41) is 10.9. The number of nitro groups is 1. The predicted molar refractivity (Wildman–Crippen MR) is 124 cm³/mol. The Kier molecular flexibility index (Phi) is 4.52. The molecule has 7 nitrogen and oxygen atoms in total. The van der Waals surface area contributed by atoms with Crippen LogP contribution >= 0.6 is 0 Å². The van der Waals surface area contributed by atoms with Crippen molar-refractivity contribution in [3.63, 3.8) is 0 Å².